The number of hydrogen-bond acceptors (Lipinski definition) is 2. The van der Waals surface area contributed by atoms with Crippen molar-refractivity contribution in [2.24, 2.45) is 7.05 Å². The van der Waals surface area contributed by atoms with Crippen molar-refractivity contribution in [2.45, 2.75) is 12.8 Å². The highest BCUT2D eigenvalue weighted by Crippen LogP contribution is 2.40. The van der Waals surface area contributed by atoms with Crippen molar-refractivity contribution in [2.75, 3.05) is 6.54 Å². The quantitative estimate of drug-likeness (QED) is 0.341. The fraction of sp³-hybridized carbons (Fsp3) is 0.167. The summed E-state index contributed by atoms with van der Waals surface area (Å²) in [7, 11) is 2.03. The second-order valence-corrected chi connectivity index (χ2v) is 7.18. The Labute approximate surface area is 164 Å². The standard InChI is InChI=1S/C24H22N2O2/c1-17-12-14-18(15-13-17)21(16-26(27)28)23-20-10-6-7-11-22(20)25(2)24(23)19-8-4-3-5-9-19/h3-15,21H,16H2,1-2H3/t21-/m1/s1. The summed E-state index contributed by atoms with van der Waals surface area (Å²) >= 11 is 0. The zero-order valence-electron chi connectivity index (χ0n) is 16.0. The molecule has 3 aromatic carbocycles. The lowest BCUT2D eigenvalue weighted by molar-refractivity contribution is -0.481. The van der Waals surface area contributed by atoms with E-state index in [4.69, 9.17) is 0 Å². The maximum Gasteiger partial charge on any atom is 0.214 e. The van der Waals surface area contributed by atoms with Crippen molar-refractivity contribution in [1.29, 1.82) is 0 Å². The third kappa shape index (κ3) is 3.18. The van der Waals surface area contributed by atoms with Gasteiger partial charge in [0.05, 0.1) is 11.6 Å². The number of aromatic nitrogens is 1. The predicted molar refractivity (Wildman–Crippen MR) is 113 cm³/mol. The Morgan fingerprint density at radius 1 is 0.929 bits per heavy atom. The Morgan fingerprint density at radius 3 is 2.25 bits per heavy atom. The summed E-state index contributed by atoms with van der Waals surface area (Å²) < 4.78 is 2.15. The molecule has 0 saturated heterocycles. The average molecular weight is 370 g/mol. The molecule has 1 aromatic heterocycles. The van der Waals surface area contributed by atoms with Gasteiger partial charge in [-0.2, -0.15) is 0 Å². The van der Waals surface area contributed by atoms with E-state index in [1.807, 2.05) is 68.6 Å². The molecule has 0 saturated carbocycles. The molecule has 0 aliphatic carbocycles. The fourth-order valence-corrected chi connectivity index (χ4v) is 4.03. The Morgan fingerprint density at radius 2 is 1.57 bits per heavy atom. The van der Waals surface area contributed by atoms with Crippen LogP contribution in [-0.4, -0.2) is 16.0 Å². The molecule has 4 nitrogen and oxygen atoms in total. The van der Waals surface area contributed by atoms with Crippen LogP contribution in [-0.2, 0) is 7.05 Å². The van der Waals surface area contributed by atoms with E-state index in [-0.39, 0.29) is 17.4 Å². The number of para-hydroxylation sites is 1. The number of benzene rings is 3. The smallest absolute Gasteiger partial charge is 0.214 e. The maximum absolute atomic E-state index is 11.6. The monoisotopic (exact) mass is 370 g/mol. The van der Waals surface area contributed by atoms with Gasteiger partial charge in [-0.05, 0) is 29.7 Å². The number of nitro groups is 1. The molecule has 140 valence electrons. The first-order valence-electron chi connectivity index (χ1n) is 9.37. The average Bonchev–Trinajstić information content (AvgIpc) is 3.00. The number of nitrogens with zero attached hydrogens (tertiary/aromatic N) is 2. The normalized spacial score (nSPS) is 12.2. The van der Waals surface area contributed by atoms with Crippen LogP contribution in [0.5, 0.6) is 0 Å². The molecule has 1 heterocycles. The summed E-state index contributed by atoms with van der Waals surface area (Å²) in [6, 6.07) is 26.4. The molecule has 0 fully saturated rings. The van der Waals surface area contributed by atoms with Crippen LogP contribution >= 0.6 is 0 Å². The number of hydrogen-bond donors (Lipinski definition) is 0. The van der Waals surface area contributed by atoms with E-state index >= 15 is 0 Å². The van der Waals surface area contributed by atoms with Gasteiger partial charge in [0, 0.05) is 22.9 Å². The Hall–Kier alpha value is -3.40. The molecule has 4 rings (SSSR count). The zero-order valence-corrected chi connectivity index (χ0v) is 16.0. The first-order chi connectivity index (χ1) is 13.6. The lowest BCUT2D eigenvalue weighted by Gasteiger charge is -2.17. The Balaban J connectivity index is 2.04. The second-order valence-electron chi connectivity index (χ2n) is 7.18. The SMILES string of the molecule is Cc1ccc([C@@H](C[N+](=O)[O-])c2c(-c3ccccc3)n(C)c3ccccc23)cc1. The number of fused-ring (bicyclic) bond motifs is 1. The van der Waals surface area contributed by atoms with Crippen molar-refractivity contribution >= 4 is 10.9 Å². The Kier molecular flexibility index (Phi) is 4.70. The molecule has 4 aromatic rings. The van der Waals surface area contributed by atoms with Crippen LogP contribution in [0.1, 0.15) is 22.6 Å². The van der Waals surface area contributed by atoms with Gasteiger partial charge in [0.2, 0.25) is 6.54 Å². The van der Waals surface area contributed by atoms with E-state index in [9.17, 15) is 10.1 Å². The second kappa shape index (κ2) is 7.31. The van der Waals surface area contributed by atoms with Gasteiger partial charge in [0.15, 0.2) is 0 Å². The fourth-order valence-electron chi connectivity index (χ4n) is 4.03. The van der Waals surface area contributed by atoms with E-state index < -0.39 is 0 Å². The topological polar surface area (TPSA) is 48.1 Å². The van der Waals surface area contributed by atoms with Crippen LogP contribution in [0.15, 0.2) is 78.9 Å². The van der Waals surface area contributed by atoms with Crippen LogP contribution in [0.3, 0.4) is 0 Å². The van der Waals surface area contributed by atoms with Gasteiger partial charge >= 0.3 is 0 Å². The molecule has 0 aliphatic heterocycles. The van der Waals surface area contributed by atoms with Gasteiger partial charge in [-0.3, -0.25) is 10.1 Å². The highest BCUT2D eigenvalue weighted by atomic mass is 16.6. The summed E-state index contributed by atoms with van der Waals surface area (Å²) in [5.41, 5.74) is 6.31. The number of aryl methyl sites for hydroxylation is 2. The van der Waals surface area contributed by atoms with Crippen molar-refractivity contribution < 1.29 is 4.92 Å². The molecule has 4 heteroatoms. The van der Waals surface area contributed by atoms with Crippen molar-refractivity contribution in [1.82, 2.24) is 4.57 Å². The molecule has 28 heavy (non-hydrogen) atoms. The molecular formula is C24H22N2O2. The molecule has 0 bridgehead atoms. The van der Waals surface area contributed by atoms with Gasteiger partial charge in [-0.1, -0.05) is 78.4 Å². The summed E-state index contributed by atoms with van der Waals surface area (Å²) in [5, 5.41) is 12.7. The minimum absolute atomic E-state index is 0.142. The highest BCUT2D eigenvalue weighted by Gasteiger charge is 2.28. The van der Waals surface area contributed by atoms with Crippen molar-refractivity contribution in [3.05, 3.63) is 106 Å². The lowest BCUT2D eigenvalue weighted by atomic mass is 9.87. The first-order valence-corrected chi connectivity index (χ1v) is 9.37. The molecule has 0 radical (unpaired) electrons. The van der Waals surface area contributed by atoms with E-state index in [2.05, 4.69) is 28.8 Å². The van der Waals surface area contributed by atoms with Gasteiger partial charge in [-0.25, -0.2) is 0 Å². The molecular weight excluding hydrogens is 348 g/mol. The first kappa shape index (κ1) is 18.0. The summed E-state index contributed by atoms with van der Waals surface area (Å²) in [5.74, 6) is -0.322. The minimum Gasteiger partial charge on any atom is -0.343 e. The van der Waals surface area contributed by atoms with E-state index in [0.29, 0.717) is 0 Å². The third-order valence-corrected chi connectivity index (χ3v) is 5.35. The van der Waals surface area contributed by atoms with Crippen molar-refractivity contribution in [3.63, 3.8) is 0 Å². The molecule has 0 amide bonds. The molecule has 0 spiro atoms. The molecule has 0 aliphatic rings. The predicted octanol–water partition coefficient (Wildman–Crippen LogP) is 5.56. The minimum atomic E-state index is -0.322. The van der Waals surface area contributed by atoms with Gasteiger partial charge in [-0.15, -0.1) is 0 Å². The van der Waals surface area contributed by atoms with Crippen LogP contribution < -0.4 is 0 Å². The van der Waals surface area contributed by atoms with E-state index in [1.165, 1.54) is 0 Å². The third-order valence-electron chi connectivity index (χ3n) is 5.35. The van der Waals surface area contributed by atoms with Gasteiger partial charge in [0.25, 0.3) is 0 Å². The number of rotatable bonds is 5. The van der Waals surface area contributed by atoms with Gasteiger partial charge < -0.3 is 4.57 Å². The largest absolute Gasteiger partial charge is 0.343 e. The Bertz CT molecular complexity index is 1130. The van der Waals surface area contributed by atoms with Gasteiger partial charge in [0.1, 0.15) is 0 Å². The summed E-state index contributed by atoms with van der Waals surface area (Å²) in [4.78, 5) is 11.4. The summed E-state index contributed by atoms with van der Waals surface area (Å²) in [6.45, 7) is 1.89. The van der Waals surface area contributed by atoms with Crippen LogP contribution in [0.4, 0.5) is 0 Å². The highest BCUT2D eigenvalue weighted by molar-refractivity contribution is 5.93. The van der Waals surface area contributed by atoms with Crippen LogP contribution in [0.2, 0.25) is 0 Å². The van der Waals surface area contributed by atoms with Crippen LogP contribution in [0, 0.1) is 17.0 Å². The van der Waals surface area contributed by atoms with Crippen molar-refractivity contribution in [3.8, 4) is 11.3 Å². The maximum atomic E-state index is 11.6. The zero-order chi connectivity index (χ0) is 19.7. The summed E-state index contributed by atoms with van der Waals surface area (Å²) in [6.07, 6.45) is 0. The van der Waals surface area contributed by atoms with Crippen LogP contribution in [0.25, 0.3) is 22.2 Å². The van der Waals surface area contributed by atoms with E-state index in [0.717, 1.165) is 38.9 Å². The molecule has 1 atom stereocenters. The van der Waals surface area contributed by atoms with E-state index in [1.54, 1.807) is 0 Å². The lowest BCUT2D eigenvalue weighted by Crippen LogP contribution is -2.15. The molecule has 0 unspecified atom stereocenters. The molecule has 0 N–H and O–H groups in total.